The smallest absolute Gasteiger partial charge is 0.251 e. The molecule has 0 saturated carbocycles. The Morgan fingerprint density at radius 3 is 2.79 bits per heavy atom. The van der Waals surface area contributed by atoms with Crippen molar-refractivity contribution >= 4 is 21.4 Å². The summed E-state index contributed by atoms with van der Waals surface area (Å²) in [6, 6.07) is -0.262. The number of rotatable bonds is 4. The number of aryl methyl sites for hydroxylation is 1. The second-order valence-electron chi connectivity index (χ2n) is 2.96. The van der Waals surface area contributed by atoms with E-state index >= 15 is 0 Å². The second-order valence-corrected chi connectivity index (χ2v) is 6.13. The van der Waals surface area contributed by atoms with E-state index in [2.05, 4.69) is 9.71 Å². The molecule has 1 atom stereocenters. The number of nitrogens with zero attached hydrogens (tertiary/aromatic N) is 1. The van der Waals surface area contributed by atoms with Gasteiger partial charge in [0.1, 0.15) is 0 Å². The van der Waals surface area contributed by atoms with Crippen molar-refractivity contribution in [1.82, 2.24) is 9.71 Å². The van der Waals surface area contributed by atoms with Crippen molar-refractivity contribution in [3.8, 4) is 0 Å². The molecule has 0 radical (unpaired) electrons. The second kappa shape index (κ2) is 4.35. The van der Waals surface area contributed by atoms with E-state index in [1.54, 1.807) is 13.8 Å². The van der Waals surface area contributed by atoms with Crippen LogP contribution in [0.5, 0.6) is 0 Å². The summed E-state index contributed by atoms with van der Waals surface area (Å²) < 4.78 is 25.9. The van der Waals surface area contributed by atoms with E-state index in [1.807, 2.05) is 0 Å². The van der Waals surface area contributed by atoms with Gasteiger partial charge in [-0.25, -0.2) is 18.1 Å². The lowest BCUT2D eigenvalue weighted by Crippen LogP contribution is -2.37. The SMILES string of the molecule is Cc1ncc(S(=O)(=O)NC(C)CN)s1. The molecule has 0 fully saturated rings. The first-order valence-corrected chi connectivity index (χ1v) is 6.40. The van der Waals surface area contributed by atoms with Gasteiger partial charge in [0, 0.05) is 12.6 Å². The van der Waals surface area contributed by atoms with Crippen molar-refractivity contribution < 1.29 is 8.42 Å². The number of nitrogens with two attached hydrogens (primary N) is 1. The van der Waals surface area contributed by atoms with Gasteiger partial charge in [-0.15, -0.1) is 11.3 Å². The molecule has 1 unspecified atom stereocenters. The van der Waals surface area contributed by atoms with Crippen LogP contribution < -0.4 is 10.5 Å². The van der Waals surface area contributed by atoms with Crippen LogP contribution in [-0.2, 0) is 10.0 Å². The lowest BCUT2D eigenvalue weighted by atomic mass is 10.4. The normalized spacial score (nSPS) is 14.2. The number of sulfonamides is 1. The molecule has 0 aliphatic carbocycles. The van der Waals surface area contributed by atoms with Gasteiger partial charge in [0.2, 0.25) is 0 Å². The molecule has 14 heavy (non-hydrogen) atoms. The van der Waals surface area contributed by atoms with Gasteiger partial charge >= 0.3 is 0 Å². The molecule has 1 rings (SSSR count). The fourth-order valence-corrected chi connectivity index (χ4v) is 3.22. The molecule has 7 heteroatoms. The summed E-state index contributed by atoms with van der Waals surface area (Å²) in [7, 11) is -3.42. The van der Waals surface area contributed by atoms with Crippen LogP contribution in [0.4, 0.5) is 0 Å². The lowest BCUT2D eigenvalue weighted by molar-refractivity contribution is 0.564. The maximum atomic E-state index is 11.6. The van der Waals surface area contributed by atoms with Crippen molar-refractivity contribution in [3.05, 3.63) is 11.2 Å². The minimum Gasteiger partial charge on any atom is -0.329 e. The predicted molar refractivity (Wildman–Crippen MR) is 55.7 cm³/mol. The maximum absolute atomic E-state index is 11.6. The van der Waals surface area contributed by atoms with Crippen molar-refractivity contribution in [2.45, 2.75) is 24.1 Å². The van der Waals surface area contributed by atoms with Gasteiger partial charge in [0.15, 0.2) is 4.21 Å². The molecule has 0 aliphatic rings. The summed E-state index contributed by atoms with van der Waals surface area (Å²) >= 11 is 1.14. The summed E-state index contributed by atoms with van der Waals surface area (Å²) in [4.78, 5) is 3.88. The highest BCUT2D eigenvalue weighted by molar-refractivity contribution is 7.91. The number of hydrogen-bond donors (Lipinski definition) is 2. The molecular formula is C7H13N3O2S2. The average molecular weight is 235 g/mol. The Bertz CT molecular complexity index is 399. The van der Waals surface area contributed by atoms with Gasteiger partial charge in [-0.2, -0.15) is 0 Å². The molecule has 0 amide bonds. The molecule has 3 N–H and O–H groups in total. The van der Waals surface area contributed by atoms with Crippen LogP contribution in [0.25, 0.3) is 0 Å². The van der Waals surface area contributed by atoms with E-state index in [-0.39, 0.29) is 16.8 Å². The minimum atomic E-state index is -3.42. The first kappa shape index (κ1) is 11.6. The van der Waals surface area contributed by atoms with E-state index in [1.165, 1.54) is 6.20 Å². The molecule has 0 bridgehead atoms. The largest absolute Gasteiger partial charge is 0.329 e. The van der Waals surface area contributed by atoms with Crippen LogP contribution in [0.15, 0.2) is 10.4 Å². The first-order valence-electron chi connectivity index (χ1n) is 4.10. The van der Waals surface area contributed by atoms with Gasteiger partial charge in [-0.05, 0) is 13.8 Å². The van der Waals surface area contributed by atoms with E-state index in [0.717, 1.165) is 16.3 Å². The van der Waals surface area contributed by atoms with E-state index in [9.17, 15) is 8.42 Å². The van der Waals surface area contributed by atoms with E-state index in [0.29, 0.717) is 0 Å². The van der Waals surface area contributed by atoms with Crippen LogP contribution in [0.2, 0.25) is 0 Å². The zero-order chi connectivity index (χ0) is 10.8. The predicted octanol–water partition coefficient (Wildman–Crippen LogP) is 0.0770. The van der Waals surface area contributed by atoms with Crippen LogP contribution in [0.3, 0.4) is 0 Å². The molecule has 80 valence electrons. The third-order valence-corrected chi connectivity index (χ3v) is 4.54. The summed E-state index contributed by atoms with van der Waals surface area (Å²) in [5.41, 5.74) is 5.32. The first-order chi connectivity index (χ1) is 6.45. The maximum Gasteiger partial charge on any atom is 0.251 e. The Labute approximate surface area is 87.4 Å². The van der Waals surface area contributed by atoms with E-state index < -0.39 is 10.0 Å². The Balaban J connectivity index is 2.86. The molecule has 0 aromatic carbocycles. The van der Waals surface area contributed by atoms with Crippen molar-refractivity contribution in [2.75, 3.05) is 6.54 Å². The standard InChI is InChI=1S/C7H13N3O2S2/c1-5(3-8)10-14(11,12)7-4-9-6(2)13-7/h4-5,10H,3,8H2,1-2H3. The van der Waals surface area contributed by atoms with Crippen LogP contribution >= 0.6 is 11.3 Å². The highest BCUT2D eigenvalue weighted by Gasteiger charge is 2.18. The highest BCUT2D eigenvalue weighted by Crippen LogP contribution is 2.17. The van der Waals surface area contributed by atoms with Crippen LogP contribution in [-0.4, -0.2) is 26.0 Å². The quantitative estimate of drug-likeness (QED) is 0.774. The summed E-state index contributed by atoms with van der Waals surface area (Å²) in [6.45, 7) is 3.75. The van der Waals surface area contributed by atoms with Crippen LogP contribution in [0.1, 0.15) is 11.9 Å². The number of thiazole rings is 1. The van der Waals surface area contributed by atoms with Gasteiger partial charge in [-0.1, -0.05) is 0 Å². The molecule has 0 spiro atoms. The van der Waals surface area contributed by atoms with Crippen molar-refractivity contribution in [1.29, 1.82) is 0 Å². The zero-order valence-corrected chi connectivity index (χ0v) is 9.65. The van der Waals surface area contributed by atoms with Gasteiger partial charge < -0.3 is 5.73 Å². The summed E-state index contributed by atoms with van der Waals surface area (Å²) in [6.07, 6.45) is 1.35. The Morgan fingerprint density at radius 1 is 1.71 bits per heavy atom. The minimum absolute atomic E-state index is 0.232. The number of hydrogen-bond acceptors (Lipinski definition) is 5. The van der Waals surface area contributed by atoms with Crippen molar-refractivity contribution in [2.24, 2.45) is 5.73 Å². The fraction of sp³-hybridized carbons (Fsp3) is 0.571. The summed E-state index contributed by atoms with van der Waals surface area (Å²) in [5, 5.41) is 0.728. The molecular weight excluding hydrogens is 222 g/mol. The average Bonchev–Trinajstić information content (AvgIpc) is 2.51. The molecule has 0 saturated heterocycles. The Kier molecular flexibility index (Phi) is 3.59. The summed E-state index contributed by atoms with van der Waals surface area (Å²) in [5.74, 6) is 0. The Morgan fingerprint density at radius 2 is 2.36 bits per heavy atom. The fourth-order valence-electron chi connectivity index (χ4n) is 0.837. The molecule has 0 aliphatic heterocycles. The molecule has 1 aromatic rings. The molecule has 1 heterocycles. The van der Waals surface area contributed by atoms with Gasteiger partial charge in [-0.3, -0.25) is 0 Å². The van der Waals surface area contributed by atoms with Gasteiger partial charge in [0.25, 0.3) is 10.0 Å². The van der Waals surface area contributed by atoms with Crippen LogP contribution in [0, 0.1) is 6.92 Å². The highest BCUT2D eigenvalue weighted by atomic mass is 32.2. The number of aromatic nitrogens is 1. The molecule has 1 aromatic heterocycles. The third-order valence-electron chi connectivity index (χ3n) is 1.57. The Hall–Kier alpha value is -0.500. The lowest BCUT2D eigenvalue weighted by Gasteiger charge is -2.09. The number of nitrogens with one attached hydrogen (secondary N) is 1. The monoisotopic (exact) mass is 235 g/mol. The van der Waals surface area contributed by atoms with Gasteiger partial charge in [0.05, 0.1) is 11.2 Å². The van der Waals surface area contributed by atoms with E-state index in [4.69, 9.17) is 5.73 Å². The topological polar surface area (TPSA) is 85.1 Å². The zero-order valence-electron chi connectivity index (χ0n) is 8.02. The van der Waals surface area contributed by atoms with Crippen molar-refractivity contribution in [3.63, 3.8) is 0 Å². The third kappa shape index (κ3) is 2.74. The molecule has 5 nitrogen and oxygen atoms in total.